The van der Waals surface area contributed by atoms with Gasteiger partial charge in [-0.3, -0.25) is 0 Å². The molecule has 5 nitrogen and oxygen atoms in total. The van der Waals surface area contributed by atoms with E-state index in [0.29, 0.717) is 30.3 Å². The fourth-order valence-corrected chi connectivity index (χ4v) is 4.09. The summed E-state index contributed by atoms with van der Waals surface area (Å²) in [6.45, 7) is 2.86. The van der Waals surface area contributed by atoms with Crippen LogP contribution in [0, 0.1) is 9.39 Å². The van der Waals surface area contributed by atoms with E-state index in [1.165, 1.54) is 17.7 Å². The molecule has 0 spiro atoms. The van der Waals surface area contributed by atoms with Crippen LogP contribution in [-0.2, 0) is 16.0 Å². The summed E-state index contributed by atoms with van der Waals surface area (Å²) in [4.78, 5) is 16.5. The van der Waals surface area contributed by atoms with Crippen LogP contribution in [0.15, 0.2) is 77.4 Å². The van der Waals surface area contributed by atoms with Gasteiger partial charge in [-0.15, -0.1) is 0 Å². The first-order valence-corrected chi connectivity index (χ1v) is 11.5. The van der Waals surface area contributed by atoms with Crippen molar-refractivity contribution in [2.24, 2.45) is 4.99 Å². The minimum absolute atomic E-state index is 0.0510. The monoisotopic (exact) mass is 557 g/mol. The summed E-state index contributed by atoms with van der Waals surface area (Å²) < 4.78 is 31.9. The van der Waals surface area contributed by atoms with Gasteiger partial charge in [-0.05, 0) is 71.0 Å². The van der Waals surface area contributed by atoms with Crippen molar-refractivity contribution in [1.82, 2.24) is 0 Å². The second-order valence-electron chi connectivity index (χ2n) is 7.16. The Morgan fingerprint density at radius 3 is 2.58 bits per heavy atom. The lowest BCUT2D eigenvalue weighted by Crippen LogP contribution is -2.07. The minimum Gasteiger partial charge on any atom is -0.490 e. The molecule has 0 amide bonds. The van der Waals surface area contributed by atoms with E-state index in [4.69, 9.17) is 14.2 Å². The van der Waals surface area contributed by atoms with Crippen LogP contribution in [0.1, 0.15) is 23.6 Å². The van der Waals surface area contributed by atoms with Crippen LogP contribution < -0.4 is 9.47 Å². The molecule has 0 unspecified atom stereocenters. The predicted octanol–water partition coefficient (Wildman–Crippen LogP) is 5.80. The summed E-state index contributed by atoms with van der Waals surface area (Å²) in [6, 6.07) is 19.8. The van der Waals surface area contributed by atoms with Gasteiger partial charge in [-0.2, -0.15) is 0 Å². The SMILES string of the molecule is CCOc1cc(/C=C2\N=C(c3ccccc3F)OC2=O)cc(I)c1OCCc1ccccc1. The van der Waals surface area contributed by atoms with Gasteiger partial charge in [-0.1, -0.05) is 42.5 Å². The van der Waals surface area contributed by atoms with Gasteiger partial charge in [-0.25, -0.2) is 14.2 Å². The number of carbonyl (C=O) groups is 1. The number of ether oxygens (including phenoxy) is 3. The van der Waals surface area contributed by atoms with Gasteiger partial charge in [0.25, 0.3) is 0 Å². The number of benzene rings is 3. The Morgan fingerprint density at radius 1 is 1.06 bits per heavy atom. The van der Waals surface area contributed by atoms with E-state index in [2.05, 4.69) is 39.7 Å². The Balaban J connectivity index is 1.57. The zero-order valence-electron chi connectivity index (χ0n) is 17.9. The number of aliphatic imine (C=N–C) groups is 1. The first-order chi connectivity index (χ1) is 16.0. The summed E-state index contributed by atoms with van der Waals surface area (Å²) >= 11 is 2.18. The van der Waals surface area contributed by atoms with Gasteiger partial charge < -0.3 is 14.2 Å². The van der Waals surface area contributed by atoms with Crippen LogP contribution in [0.2, 0.25) is 0 Å². The van der Waals surface area contributed by atoms with Crippen LogP contribution in [0.5, 0.6) is 11.5 Å². The molecule has 4 rings (SSSR count). The Morgan fingerprint density at radius 2 is 1.82 bits per heavy atom. The molecule has 0 bridgehead atoms. The lowest BCUT2D eigenvalue weighted by Gasteiger charge is -2.15. The van der Waals surface area contributed by atoms with E-state index >= 15 is 0 Å². The summed E-state index contributed by atoms with van der Waals surface area (Å²) in [7, 11) is 0. The van der Waals surface area contributed by atoms with Gasteiger partial charge in [0.15, 0.2) is 17.2 Å². The maximum atomic E-state index is 14.0. The summed E-state index contributed by atoms with van der Waals surface area (Å²) in [5.74, 6) is 0.0406. The first-order valence-electron chi connectivity index (χ1n) is 10.5. The quantitative estimate of drug-likeness (QED) is 0.200. The third kappa shape index (κ3) is 5.60. The lowest BCUT2D eigenvalue weighted by atomic mass is 10.1. The van der Waals surface area contributed by atoms with Crippen LogP contribution in [-0.4, -0.2) is 25.1 Å². The molecule has 168 valence electrons. The molecule has 0 N–H and O–H groups in total. The fourth-order valence-electron chi connectivity index (χ4n) is 3.31. The molecule has 0 aromatic heterocycles. The molecule has 1 aliphatic heterocycles. The van der Waals surface area contributed by atoms with Crippen molar-refractivity contribution in [3.63, 3.8) is 0 Å². The van der Waals surface area contributed by atoms with Crippen molar-refractivity contribution in [3.8, 4) is 11.5 Å². The maximum absolute atomic E-state index is 14.0. The van der Waals surface area contributed by atoms with Crippen molar-refractivity contribution in [2.45, 2.75) is 13.3 Å². The van der Waals surface area contributed by atoms with Crippen molar-refractivity contribution in [3.05, 3.63) is 98.5 Å². The Bertz CT molecular complexity index is 1220. The van der Waals surface area contributed by atoms with Crippen LogP contribution >= 0.6 is 22.6 Å². The molecule has 3 aromatic carbocycles. The number of hydrogen-bond acceptors (Lipinski definition) is 5. The topological polar surface area (TPSA) is 57.1 Å². The Hall–Kier alpha value is -3.20. The van der Waals surface area contributed by atoms with E-state index in [1.807, 2.05) is 31.2 Å². The molecule has 0 atom stereocenters. The molecule has 0 aliphatic carbocycles. The molecular weight excluding hydrogens is 536 g/mol. The fraction of sp³-hybridized carbons (Fsp3) is 0.154. The third-order valence-corrected chi connectivity index (χ3v) is 5.64. The molecule has 7 heteroatoms. The molecule has 0 fully saturated rings. The highest BCUT2D eigenvalue weighted by molar-refractivity contribution is 14.1. The van der Waals surface area contributed by atoms with Crippen molar-refractivity contribution < 1.29 is 23.4 Å². The van der Waals surface area contributed by atoms with Crippen LogP contribution in [0.4, 0.5) is 4.39 Å². The average Bonchev–Trinajstić information content (AvgIpc) is 3.16. The van der Waals surface area contributed by atoms with Gasteiger partial charge in [0.1, 0.15) is 5.82 Å². The van der Waals surface area contributed by atoms with E-state index in [1.54, 1.807) is 24.3 Å². The van der Waals surface area contributed by atoms with Gasteiger partial charge in [0.05, 0.1) is 22.3 Å². The summed E-state index contributed by atoms with van der Waals surface area (Å²) in [5.41, 5.74) is 2.11. The first kappa shape index (κ1) is 23.0. The number of rotatable bonds is 8. The van der Waals surface area contributed by atoms with Crippen molar-refractivity contribution in [1.29, 1.82) is 0 Å². The maximum Gasteiger partial charge on any atom is 0.363 e. The molecule has 1 heterocycles. The number of nitrogens with zero attached hydrogens (tertiary/aromatic N) is 1. The highest BCUT2D eigenvalue weighted by atomic mass is 127. The number of esters is 1. The van der Waals surface area contributed by atoms with Crippen LogP contribution in [0.25, 0.3) is 6.08 Å². The number of hydrogen-bond donors (Lipinski definition) is 0. The number of halogens is 2. The van der Waals surface area contributed by atoms with Gasteiger partial charge in [0, 0.05) is 6.42 Å². The van der Waals surface area contributed by atoms with E-state index in [-0.39, 0.29) is 17.2 Å². The van der Waals surface area contributed by atoms with Crippen molar-refractivity contribution in [2.75, 3.05) is 13.2 Å². The molecule has 0 saturated heterocycles. The highest BCUT2D eigenvalue weighted by Crippen LogP contribution is 2.35. The van der Waals surface area contributed by atoms with Gasteiger partial charge in [0.2, 0.25) is 5.90 Å². The second-order valence-corrected chi connectivity index (χ2v) is 8.33. The summed E-state index contributed by atoms with van der Waals surface area (Å²) in [6.07, 6.45) is 2.36. The zero-order valence-corrected chi connectivity index (χ0v) is 20.0. The predicted molar refractivity (Wildman–Crippen MR) is 133 cm³/mol. The van der Waals surface area contributed by atoms with E-state index in [9.17, 15) is 9.18 Å². The normalized spacial score (nSPS) is 14.2. The summed E-state index contributed by atoms with van der Waals surface area (Å²) in [5, 5.41) is 0. The second kappa shape index (κ2) is 10.6. The molecule has 33 heavy (non-hydrogen) atoms. The number of carbonyl (C=O) groups excluding carboxylic acids is 1. The van der Waals surface area contributed by atoms with E-state index in [0.717, 1.165) is 9.99 Å². The van der Waals surface area contributed by atoms with E-state index < -0.39 is 11.8 Å². The zero-order chi connectivity index (χ0) is 23.2. The highest BCUT2D eigenvalue weighted by Gasteiger charge is 2.26. The molecule has 1 aliphatic rings. The lowest BCUT2D eigenvalue weighted by molar-refractivity contribution is -0.129. The molecule has 0 saturated carbocycles. The van der Waals surface area contributed by atoms with Crippen LogP contribution in [0.3, 0.4) is 0 Å². The van der Waals surface area contributed by atoms with Gasteiger partial charge >= 0.3 is 5.97 Å². The number of cyclic esters (lactones) is 1. The average molecular weight is 557 g/mol. The molecular formula is C26H21FINO4. The molecule has 3 aromatic rings. The largest absolute Gasteiger partial charge is 0.490 e. The Kier molecular flexibility index (Phi) is 7.39. The smallest absolute Gasteiger partial charge is 0.363 e. The third-order valence-electron chi connectivity index (χ3n) is 4.84. The molecule has 0 radical (unpaired) electrons. The Labute approximate surface area is 205 Å². The van der Waals surface area contributed by atoms with Crippen molar-refractivity contribution >= 4 is 40.5 Å². The standard InChI is InChI=1S/C26H21FINO4/c1-2-31-23-16-18(14-21(28)24(23)32-13-12-17-8-4-3-5-9-17)15-22-26(30)33-25(29-22)19-10-6-7-11-20(19)27/h3-11,14-16H,2,12-13H2,1H3/b22-15-. The minimum atomic E-state index is -0.635.